The first kappa shape index (κ1) is 27.1. The van der Waals surface area contributed by atoms with Crippen molar-refractivity contribution in [2.45, 2.75) is 26.4 Å². The minimum atomic E-state index is -1.16. The van der Waals surface area contributed by atoms with Crippen LogP contribution in [0.3, 0.4) is 0 Å². The first-order valence-corrected chi connectivity index (χ1v) is 12.3. The number of aromatic nitrogens is 1. The summed E-state index contributed by atoms with van der Waals surface area (Å²) in [5.74, 6) is -1.99. The molecule has 1 amide bonds. The van der Waals surface area contributed by atoms with Crippen LogP contribution in [0.1, 0.15) is 41.5 Å². The van der Waals surface area contributed by atoms with E-state index in [1.165, 1.54) is 12.3 Å². The quantitative estimate of drug-likeness (QED) is 0.238. The summed E-state index contributed by atoms with van der Waals surface area (Å²) >= 11 is 0. The predicted molar refractivity (Wildman–Crippen MR) is 151 cm³/mol. The van der Waals surface area contributed by atoms with Gasteiger partial charge >= 0.3 is 11.9 Å². The second-order valence-corrected chi connectivity index (χ2v) is 9.87. The normalized spacial score (nSPS) is 10.9. The van der Waals surface area contributed by atoms with Crippen LogP contribution in [-0.4, -0.2) is 40.1 Å². The van der Waals surface area contributed by atoms with E-state index in [-0.39, 0.29) is 23.8 Å². The number of nitrogens with one attached hydrogen (secondary N) is 2. The third-order valence-corrected chi connectivity index (χ3v) is 5.68. The molecule has 0 aliphatic carbocycles. The van der Waals surface area contributed by atoms with Gasteiger partial charge in [0.05, 0.1) is 16.8 Å². The SMILES string of the molecule is CC(C)(C)OC(=O)CNc1ccc(-c2ccc(C(=O)O)c(NC(=O)c3cncc(-c4ccccc4)c3)c2)cc1. The van der Waals surface area contributed by atoms with Gasteiger partial charge in [-0.25, -0.2) is 4.79 Å². The van der Waals surface area contributed by atoms with E-state index in [0.717, 1.165) is 22.4 Å². The summed E-state index contributed by atoms with van der Waals surface area (Å²) in [4.78, 5) is 41.1. The van der Waals surface area contributed by atoms with Gasteiger partial charge in [0, 0.05) is 23.6 Å². The number of anilines is 2. The number of carboxylic acids is 1. The molecule has 3 N–H and O–H groups in total. The molecular weight excluding hydrogens is 494 g/mol. The average molecular weight is 524 g/mol. The molecule has 0 saturated carbocycles. The van der Waals surface area contributed by atoms with Gasteiger partial charge in [-0.15, -0.1) is 0 Å². The predicted octanol–water partition coefficient (Wildman–Crippen LogP) is 6.12. The lowest BCUT2D eigenvalue weighted by molar-refractivity contribution is -0.152. The first-order chi connectivity index (χ1) is 18.6. The van der Waals surface area contributed by atoms with E-state index < -0.39 is 17.5 Å². The molecule has 0 atom stereocenters. The molecule has 0 spiro atoms. The van der Waals surface area contributed by atoms with Gasteiger partial charge in [0.2, 0.25) is 0 Å². The van der Waals surface area contributed by atoms with Gasteiger partial charge in [-0.3, -0.25) is 14.6 Å². The lowest BCUT2D eigenvalue weighted by Crippen LogP contribution is -2.28. The second-order valence-electron chi connectivity index (χ2n) is 9.87. The number of aromatic carboxylic acids is 1. The van der Waals surface area contributed by atoms with Crippen molar-refractivity contribution in [1.82, 2.24) is 4.98 Å². The fraction of sp³-hybridized carbons (Fsp3) is 0.161. The lowest BCUT2D eigenvalue weighted by atomic mass is 10.0. The molecule has 8 nitrogen and oxygen atoms in total. The fourth-order valence-corrected chi connectivity index (χ4v) is 3.89. The molecule has 3 aromatic carbocycles. The van der Waals surface area contributed by atoms with Crippen LogP contribution >= 0.6 is 0 Å². The van der Waals surface area contributed by atoms with Crippen LogP contribution in [0.5, 0.6) is 0 Å². The molecule has 39 heavy (non-hydrogen) atoms. The van der Waals surface area contributed by atoms with Crippen molar-refractivity contribution in [1.29, 1.82) is 0 Å². The van der Waals surface area contributed by atoms with Crippen LogP contribution in [0, 0.1) is 0 Å². The highest BCUT2D eigenvalue weighted by Gasteiger charge is 2.17. The van der Waals surface area contributed by atoms with Crippen molar-refractivity contribution in [3.63, 3.8) is 0 Å². The topological polar surface area (TPSA) is 118 Å². The number of carbonyl (C=O) groups is 3. The lowest BCUT2D eigenvalue weighted by Gasteiger charge is -2.19. The molecule has 0 saturated heterocycles. The van der Waals surface area contributed by atoms with Gasteiger partial charge in [0.15, 0.2) is 0 Å². The number of nitrogens with zero attached hydrogens (tertiary/aromatic N) is 1. The second kappa shape index (κ2) is 11.6. The van der Waals surface area contributed by atoms with E-state index in [4.69, 9.17) is 4.74 Å². The molecule has 0 radical (unpaired) electrons. The van der Waals surface area contributed by atoms with Gasteiger partial charge in [-0.2, -0.15) is 0 Å². The Bertz CT molecular complexity index is 1490. The zero-order valence-corrected chi connectivity index (χ0v) is 21.9. The third kappa shape index (κ3) is 7.29. The van der Waals surface area contributed by atoms with Crippen molar-refractivity contribution >= 4 is 29.2 Å². The summed E-state index contributed by atoms with van der Waals surface area (Å²) in [6.07, 6.45) is 3.11. The van der Waals surface area contributed by atoms with Gasteiger partial charge in [-0.05, 0) is 67.8 Å². The minimum absolute atomic E-state index is 0.0282. The largest absolute Gasteiger partial charge is 0.478 e. The van der Waals surface area contributed by atoms with E-state index in [9.17, 15) is 19.5 Å². The molecule has 8 heteroatoms. The number of benzene rings is 3. The smallest absolute Gasteiger partial charge is 0.337 e. The number of carboxylic acid groups (broad SMARTS) is 1. The van der Waals surface area contributed by atoms with E-state index in [1.807, 2.05) is 75.4 Å². The molecule has 1 heterocycles. The molecule has 198 valence electrons. The van der Waals surface area contributed by atoms with Crippen molar-refractivity contribution in [3.05, 3.63) is 102 Å². The zero-order valence-electron chi connectivity index (χ0n) is 21.9. The molecule has 0 fully saturated rings. The van der Waals surface area contributed by atoms with Gasteiger partial charge in [0.1, 0.15) is 12.1 Å². The molecule has 4 aromatic rings. The highest BCUT2D eigenvalue weighted by Crippen LogP contribution is 2.28. The Kier molecular flexibility index (Phi) is 8.05. The number of ether oxygens (including phenoxy) is 1. The van der Waals surface area contributed by atoms with Crippen LogP contribution in [0.15, 0.2) is 91.3 Å². The van der Waals surface area contributed by atoms with Gasteiger partial charge in [-0.1, -0.05) is 48.5 Å². The number of carbonyl (C=O) groups excluding carboxylic acids is 2. The van der Waals surface area contributed by atoms with Crippen molar-refractivity contribution in [2.75, 3.05) is 17.2 Å². The Labute approximate surface area is 226 Å². The zero-order chi connectivity index (χ0) is 28.0. The summed E-state index contributed by atoms with van der Waals surface area (Å²) in [6, 6.07) is 23.3. The highest BCUT2D eigenvalue weighted by atomic mass is 16.6. The standard InChI is InChI=1S/C31H29N3O5/c1-31(2,3)39-28(35)19-33-25-12-9-21(10-13-25)22-11-14-26(30(37)38)27(16-22)34-29(36)24-15-23(17-32-18-24)20-7-5-4-6-8-20/h4-18,33H,19H2,1-3H3,(H,34,36)(H,37,38). The Morgan fingerprint density at radius 3 is 2.15 bits per heavy atom. The van der Waals surface area contributed by atoms with Crippen LogP contribution in [-0.2, 0) is 9.53 Å². The maximum absolute atomic E-state index is 13.1. The summed E-state index contributed by atoms with van der Waals surface area (Å²) in [6.45, 7) is 5.46. The molecule has 4 rings (SSSR count). The molecular formula is C31H29N3O5. The van der Waals surface area contributed by atoms with Gasteiger partial charge in [0.25, 0.3) is 5.91 Å². The molecule has 0 bridgehead atoms. The van der Waals surface area contributed by atoms with E-state index in [2.05, 4.69) is 15.6 Å². The number of hydrogen-bond acceptors (Lipinski definition) is 6. The highest BCUT2D eigenvalue weighted by molar-refractivity contribution is 6.08. The Hall–Kier alpha value is -4.98. The average Bonchev–Trinajstić information content (AvgIpc) is 2.91. The number of rotatable bonds is 8. The van der Waals surface area contributed by atoms with E-state index in [0.29, 0.717) is 11.1 Å². The summed E-state index contributed by atoms with van der Waals surface area (Å²) in [5.41, 5.74) is 3.82. The number of esters is 1. The fourth-order valence-electron chi connectivity index (χ4n) is 3.89. The molecule has 0 aliphatic rings. The van der Waals surface area contributed by atoms with E-state index in [1.54, 1.807) is 24.4 Å². The third-order valence-electron chi connectivity index (χ3n) is 5.68. The molecule has 1 aromatic heterocycles. The Balaban J connectivity index is 1.52. The van der Waals surface area contributed by atoms with E-state index >= 15 is 0 Å². The maximum Gasteiger partial charge on any atom is 0.337 e. The maximum atomic E-state index is 13.1. The molecule has 0 aliphatic heterocycles. The summed E-state index contributed by atoms with van der Waals surface area (Å²) in [5, 5.41) is 15.5. The minimum Gasteiger partial charge on any atom is -0.478 e. The summed E-state index contributed by atoms with van der Waals surface area (Å²) in [7, 11) is 0. The molecule has 0 unspecified atom stereocenters. The van der Waals surface area contributed by atoms with Crippen LogP contribution in [0.25, 0.3) is 22.3 Å². The van der Waals surface area contributed by atoms with Crippen molar-refractivity contribution in [2.24, 2.45) is 0 Å². The van der Waals surface area contributed by atoms with Crippen molar-refractivity contribution < 1.29 is 24.2 Å². The number of hydrogen-bond donors (Lipinski definition) is 3. The monoisotopic (exact) mass is 523 g/mol. The number of pyridine rings is 1. The summed E-state index contributed by atoms with van der Waals surface area (Å²) < 4.78 is 5.30. The van der Waals surface area contributed by atoms with Crippen LogP contribution in [0.4, 0.5) is 11.4 Å². The van der Waals surface area contributed by atoms with Gasteiger partial charge < -0.3 is 20.5 Å². The Morgan fingerprint density at radius 1 is 0.821 bits per heavy atom. The number of amides is 1. The van der Waals surface area contributed by atoms with Crippen LogP contribution in [0.2, 0.25) is 0 Å². The van der Waals surface area contributed by atoms with Crippen LogP contribution < -0.4 is 10.6 Å². The Morgan fingerprint density at radius 2 is 1.49 bits per heavy atom. The van der Waals surface area contributed by atoms with Crippen molar-refractivity contribution in [3.8, 4) is 22.3 Å². The first-order valence-electron chi connectivity index (χ1n) is 12.3.